The van der Waals surface area contributed by atoms with Crippen LogP contribution in [0.3, 0.4) is 0 Å². The molecule has 1 saturated carbocycles. The monoisotopic (exact) mass is 293 g/mol. The zero-order chi connectivity index (χ0) is 13.8. The van der Waals surface area contributed by atoms with E-state index in [4.69, 9.17) is 0 Å². The van der Waals surface area contributed by atoms with Gasteiger partial charge in [0.2, 0.25) is 0 Å². The highest BCUT2D eigenvalue weighted by Crippen LogP contribution is 2.61. The van der Waals surface area contributed by atoms with Crippen LogP contribution in [0.1, 0.15) is 17.0 Å². The number of hydrogen-bond acceptors (Lipinski definition) is 4. The van der Waals surface area contributed by atoms with Crippen molar-refractivity contribution in [2.24, 2.45) is 11.8 Å². The number of nitrogens with one attached hydrogen (secondary N) is 1. The minimum Gasteiger partial charge on any atom is -0.369 e. The third kappa shape index (κ3) is 1.72. The van der Waals surface area contributed by atoms with E-state index in [0.29, 0.717) is 0 Å². The van der Waals surface area contributed by atoms with E-state index < -0.39 is 0 Å². The summed E-state index contributed by atoms with van der Waals surface area (Å²) in [6, 6.07) is 11.0. The Morgan fingerprint density at radius 3 is 3.14 bits per heavy atom. The van der Waals surface area contributed by atoms with Gasteiger partial charge in [0, 0.05) is 6.54 Å². The molecule has 4 heteroatoms. The number of hydrogen-bond donors (Lipinski definition) is 1. The Labute approximate surface area is 127 Å². The Kier molecular flexibility index (Phi) is 2.38. The lowest BCUT2D eigenvalue weighted by atomic mass is 10.0. The van der Waals surface area contributed by atoms with Crippen LogP contribution in [0.2, 0.25) is 0 Å². The second kappa shape index (κ2) is 4.28. The van der Waals surface area contributed by atoms with Crippen molar-refractivity contribution >= 4 is 27.4 Å². The van der Waals surface area contributed by atoms with Gasteiger partial charge in [0.1, 0.15) is 17.0 Å². The summed E-state index contributed by atoms with van der Waals surface area (Å²) < 4.78 is 0. The quantitative estimate of drug-likeness (QED) is 0.800. The van der Waals surface area contributed by atoms with E-state index in [1.165, 1.54) is 6.42 Å². The lowest BCUT2D eigenvalue weighted by molar-refractivity contribution is 0.718. The lowest BCUT2D eigenvalue weighted by Gasteiger charge is -2.09. The van der Waals surface area contributed by atoms with Gasteiger partial charge in [-0.1, -0.05) is 24.3 Å². The van der Waals surface area contributed by atoms with Crippen molar-refractivity contribution in [3.63, 3.8) is 0 Å². The van der Waals surface area contributed by atoms with Gasteiger partial charge in [-0.05, 0) is 46.7 Å². The van der Waals surface area contributed by atoms with Crippen LogP contribution >= 0.6 is 11.3 Å². The highest BCUT2D eigenvalue weighted by atomic mass is 32.1. The molecule has 2 aliphatic carbocycles. The second-order valence-electron chi connectivity index (χ2n) is 6.00. The third-order valence-electron chi connectivity index (χ3n) is 4.97. The summed E-state index contributed by atoms with van der Waals surface area (Å²) in [5.41, 5.74) is 3.14. The predicted molar refractivity (Wildman–Crippen MR) is 85.8 cm³/mol. The molecule has 3 unspecified atom stereocenters. The summed E-state index contributed by atoms with van der Waals surface area (Å²) in [6.45, 7) is 1.02. The van der Waals surface area contributed by atoms with Gasteiger partial charge in [0.15, 0.2) is 0 Å². The first kappa shape index (κ1) is 11.7. The standard InChI is InChI=1S/C17H15N3S/c1-2-4-11-10(3-1)7-13-14(15(11)13)8-18-16-12-5-6-21-17(12)20-9-19-16/h1-6,9,13-15H,7-8H2,(H,18,19,20). The van der Waals surface area contributed by atoms with E-state index in [2.05, 4.69) is 51.0 Å². The fraction of sp³-hybridized carbons (Fsp3) is 0.294. The summed E-state index contributed by atoms with van der Waals surface area (Å²) in [4.78, 5) is 9.76. The Morgan fingerprint density at radius 1 is 1.19 bits per heavy atom. The molecule has 1 N–H and O–H groups in total. The van der Waals surface area contributed by atoms with Crippen LogP contribution < -0.4 is 5.32 Å². The van der Waals surface area contributed by atoms with Gasteiger partial charge >= 0.3 is 0 Å². The minimum absolute atomic E-state index is 0.767. The fourth-order valence-electron chi connectivity index (χ4n) is 3.91. The maximum Gasteiger partial charge on any atom is 0.138 e. The van der Waals surface area contributed by atoms with E-state index in [0.717, 1.165) is 40.3 Å². The number of rotatable bonds is 3. The van der Waals surface area contributed by atoms with E-state index in [1.54, 1.807) is 28.8 Å². The molecule has 3 nitrogen and oxygen atoms in total. The van der Waals surface area contributed by atoms with E-state index in [-0.39, 0.29) is 0 Å². The number of aromatic nitrogens is 2. The summed E-state index contributed by atoms with van der Waals surface area (Å²) in [5, 5.41) is 6.77. The Balaban J connectivity index is 1.34. The van der Waals surface area contributed by atoms with Crippen molar-refractivity contribution in [3.8, 4) is 0 Å². The lowest BCUT2D eigenvalue weighted by Crippen LogP contribution is -2.09. The normalized spacial score (nSPS) is 25.6. The maximum atomic E-state index is 4.40. The van der Waals surface area contributed by atoms with Gasteiger partial charge < -0.3 is 5.32 Å². The van der Waals surface area contributed by atoms with Crippen molar-refractivity contribution in [1.82, 2.24) is 9.97 Å². The molecule has 0 spiro atoms. The first-order valence-electron chi connectivity index (χ1n) is 7.42. The molecule has 1 fully saturated rings. The molecule has 2 aliphatic rings. The summed E-state index contributed by atoms with van der Waals surface area (Å²) in [5.74, 6) is 3.37. The van der Waals surface area contributed by atoms with Gasteiger partial charge in [-0.2, -0.15) is 0 Å². The molecule has 1 aromatic carbocycles. The molecule has 0 amide bonds. The second-order valence-corrected chi connectivity index (χ2v) is 6.89. The molecule has 0 saturated heterocycles. The molecule has 21 heavy (non-hydrogen) atoms. The molecule has 3 atom stereocenters. The molecule has 0 aliphatic heterocycles. The summed E-state index contributed by atoms with van der Waals surface area (Å²) >= 11 is 1.67. The molecule has 0 radical (unpaired) electrons. The number of anilines is 1. The minimum atomic E-state index is 0.767. The van der Waals surface area contributed by atoms with Crippen LogP contribution in [0, 0.1) is 11.8 Å². The van der Waals surface area contributed by atoms with E-state index >= 15 is 0 Å². The summed E-state index contributed by atoms with van der Waals surface area (Å²) in [6.07, 6.45) is 2.91. The Hall–Kier alpha value is -1.94. The fourth-order valence-corrected chi connectivity index (χ4v) is 4.64. The number of fused-ring (bicyclic) bond motifs is 4. The van der Waals surface area contributed by atoms with Gasteiger partial charge in [0.25, 0.3) is 0 Å². The zero-order valence-corrected chi connectivity index (χ0v) is 12.3. The van der Waals surface area contributed by atoms with Crippen LogP contribution in [0.4, 0.5) is 5.82 Å². The van der Waals surface area contributed by atoms with E-state index in [1.807, 2.05) is 0 Å². The van der Waals surface area contributed by atoms with Gasteiger partial charge in [0.05, 0.1) is 5.39 Å². The molecule has 2 heterocycles. The predicted octanol–water partition coefficient (Wildman–Crippen LogP) is 3.69. The first-order chi connectivity index (χ1) is 10.4. The molecule has 0 bridgehead atoms. The average molecular weight is 293 g/mol. The number of nitrogens with zero attached hydrogens (tertiary/aromatic N) is 2. The van der Waals surface area contributed by atoms with Crippen LogP contribution in [-0.4, -0.2) is 16.5 Å². The molecule has 104 valence electrons. The van der Waals surface area contributed by atoms with Crippen LogP contribution in [0.25, 0.3) is 10.2 Å². The summed E-state index contributed by atoms with van der Waals surface area (Å²) in [7, 11) is 0. The highest BCUT2D eigenvalue weighted by Gasteiger charge is 2.54. The van der Waals surface area contributed by atoms with Crippen LogP contribution in [0.5, 0.6) is 0 Å². The third-order valence-corrected chi connectivity index (χ3v) is 5.79. The van der Waals surface area contributed by atoms with Crippen molar-refractivity contribution < 1.29 is 0 Å². The SMILES string of the molecule is c1ccc2c(c1)CC1C(CNc3ncnc4sccc34)C21. The van der Waals surface area contributed by atoms with Gasteiger partial charge in [-0.25, -0.2) is 9.97 Å². The molecular formula is C17H15N3S. The molecule has 3 aromatic rings. The van der Waals surface area contributed by atoms with Gasteiger partial charge in [-0.15, -0.1) is 11.3 Å². The first-order valence-corrected chi connectivity index (χ1v) is 8.29. The largest absolute Gasteiger partial charge is 0.369 e. The average Bonchev–Trinajstić information content (AvgIpc) is 2.91. The Morgan fingerprint density at radius 2 is 2.14 bits per heavy atom. The maximum absolute atomic E-state index is 4.40. The number of benzene rings is 1. The van der Waals surface area contributed by atoms with Crippen molar-refractivity contribution in [1.29, 1.82) is 0 Å². The van der Waals surface area contributed by atoms with Crippen LogP contribution in [0.15, 0.2) is 42.0 Å². The topological polar surface area (TPSA) is 37.8 Å². The number of thiophene rings is 1. The highest BCUT2D eigenvalue weighted by molar-refractivity contribution is 7.16. The van der Waals surface area contributed by atoms with Gasteiger partial charge in [-0.3, -0.25) is 0 Å². The van der Waals surface area contributed by atoms with Crippen molar-refractivity contribution in [3.05, 3.63) is 53.2 Å². The smallest absolute Gasteiger partial charge is 0.138 e. The van der Waals surface area contributed by atoms with Crippen molar-refractivity contribution in [2.75, 3.05) is 11.9 Å². The van der Waals surface area contributed by atoms with E-state index in [9.17, 15) is 0 Å². The zero-order valence-electron chi connectivity index (χ0n) is 11.5. The molecule has 5 rings (SSSR count). The molecular weight excluding hydrogens is 278 g/mol. The molecule has 2 aromatic heterocycles. The van der Waals surface area contributed by atoms with Crippen LogP contribution in [-0.2, 0) is 6.42 Å². The van der Waals surface area contributed by atoms with Crippen molar-refractivity contribution in [2.45, 2.75) is 12.3 Å². The Bertz CT molecular complexity index is 826.